The lowest BCUT2D eigenvalue weighted by Gasteiger charge is -1.91. The van der Waals surface area contributed by atoms with Gasteiger partial charge in [-0.15, -0.1) is 0 Å². The molecule has 1 aromatic rings. The van der Waals surface area contributed by atoms with Gasteiger partial charge in [0.25, 0.3) is 0 Å². The first kappa shape index (κ1) is 8.56. The van der Waals surface area contributed by atoms with E-state index >= 15 is 0 Å². The molecule has 1 aliphatic heterocycles. The summed E-state index contributed by atoms with van der Waals surface area (Å²) in [6.45, 7) is 0. The summed E-state index contributed by atoms with van der Waals surface area (Å²) in [5.41, 5.74) is 1.43. The minimum Gasteiger partial charge on any atom is -0.0614 e. The predicted octanol–water partition coefficient (Wildman–Crippen LogP) is 2.67. The van der Waals surface area contributed by atoms with Crippen molar-refractivity contribution in [2.45, 2.75) is 0 Å². The zero-order valence-electron chi connectivity index (χ0n) is 7.50. The highest BCUT2D eigenvalue weighted by atomic mass is 16.3. The van der Waals surface area contributed by atoms with Crippen molar-refractivity contribution in [1.29, 1.82) is 0 Å². The number of benzene rings is 1. The number of para-hydroxylation sites is 1. The van der Waals surface area contributed by atoms with Crippen molar-refractivity contribution in [2.24, 2.45) is 5.10 Å². The van der Waals surface area contributed by atoms with E-state index in [1.165, 1.54) is 6.21 Å². The molecule has 0 radical (unpaired) electrons. The predicted molar refractivity (Wildman–Crippen MR) is 56.4 cm³/mol. The highest BCUT2D eigenvalue weighted by Crippen LogP contribution is 2.20. The zero-order valence-corrected chi connectivity index (χ0v) is 7.50. The summed E-state index contributed by atoms with van der Waals surface area (Å²) in [7, 11) is 0. The monoisotopic (exact) mass is 185 g/mol. The molecule has 0 saturated heterocycles. The quantitative estimate of drug-likeness (QED) is 0.572. The molecule has 68 valence electrons. The maximum atomic E-state index is 11.5. The molecule has 0 atom stereocenters. The second-order valence-electron chi connectivity index (χ2n) is 2.84. The van der Waals surface area contributed by atoms with Crippen LogP contribution in [0.15, 0.2) is 47.6 Å². The van der Waals surface area contributed by atoms with E-state index in [2.05, 4.69) is 5.10 Å². The molecule has 0 N–H and O–H groups in total. The van der Waals surface area contributed by atoms with E-state index < -0.39 is 0 Å². The van der Waals surface area contributed by atoms with Crippen LogP contribution in [-0.4, -0.2) is 11.1 Å². The topological polar surface area (TPSA) is 32.4 Å². The number of rotatable bonds is 0. The molecule has 1 aromatic carbocycles. The summed E-state index contributed by atoms with van der Waals surface area (Å²) < 4.78 is 0. The number of hydrogen-bond acceptors (Lipinski definition) is 1. The van der Waals surface area contributed by atoms with Gasteiger partial charge in [0.05, 0.1) is 16.7 Å². The SMILES string of the molecule is O=[N+]1N=CC=CC=Cc2ccccc21. The van der Waals surface area contributed by atoms with Crippen molar-refractivity contribution in [1.82, 2.24) is 0 Å². The number of fused-ring (bicyclic) bond motifs is 1. The van der Waals surface area contributed by atoms with E-state index in [1.807, 2.05) is 36.4 Å². The molecule has 0 aromatic heterocycles. The van der Waals surface area contributed by atoms with Gasteiger partial charge < -0.3 is 0 Å². The van der Waals surface area contributed by atoms with Crippen LogP contribution >= 0.6 is 0 Å². The Kier molecular flexibility index (Phi) is 2.32. The van der Waals surface area contributed by atoms with Crippen molar-refractivity contribution >= 4 is 18.0 Å². The third-order valence-electron chi connectivity index (χ3n) is 1.90. The lowest BCUT2D eigenvalue weighted by molar-refractivity contribution is -0.467. The summed E-state index contributed by atoms with van der Waals surface area (Å²) in [5, 5.41) is 3.71. The highest BCUT2D eigenvalue weighted by molar-refractivity contribution is 5.72. The number of hydrogen-bond donors (Lipinski definition) is 0. The van der Waals surface area contributed by atoms with Crippen molar-refractivity contribution in [2.75, 3.05) is 0 Å². The fourth-order valence-corrected chi connectivity index (χ4v) is 1.24. The van der Waals surface area contributed by atoms with Crippen LogP contribution < -0.4 is 0 Å². The van der Waals surface area contributed by atoms with Crippen LogP contribution in [0.1, 0.15) is 5.56 Å². The number of nitrogens with zero attached hydrogens (tertiary/aromatic N) is 2. The van der Waals surface area contributed by atoms with Crippen LogP contribution in [0.4, 0.5) is 5.69 Å². The maximum Gasteiger partial charge on any atom is 0.302 e. The average Bonchev–Trinajstić information content (AvgIpc) is 2.30. The van der Waals surface area contributed by atoms with Gasteiger partial charge in [0.15, 0.2) is 4.87 Å². The lowest BCUT2D eigenvalue weighted by atomic mass is 10.1. The highest BCUT2D eigenvalue weighted by Gasteiger charge is 2.15. The average molecular weight is 185 g/mol. The van der Waals surface area contributed by atoms with Crippen molar-refractivity contribution in [3.8, 4) is 0 Å². The minimum atomic E-state index is 0.559. The third kappa shape index (κ3) is 1.66. The Bertz CT molecular complexity index is 444. The van der Waals surface area contributed by atoms with Gasteiger partial charge >= 0.3 is 5.69 Å². The molecule has 0 saturated carbocycles. The Balaban J connectivity index is 2.57. The summed E-state index contributed by atoms with van der Waals surface area (Å²) in [5.74, 6) is 0. The summed E-state index contributed by atoms with van der Waals surface area (Å²) in [6, 6.07) is 7.33. The maximum absolute atomic E-state index is 11.5. The molecule has 0 amide bonds. The first-order chi connectivity index (χ1) is 6.88. The Morgan fingerprint density at radius 3 is 2.86 bits per heavy atom. The number of nitroso groups, excluding NO2 is 1. The molecule has 14 heavy (non-hydrogen) atoms. The lowest BCUT2D eigenvalue weighted by Crippen LogP contribution is -1.92. The van der Waals surface area contributed by atoms with E-state index in [9.17, 15) is 4.91 Å². The van der Waals surface area contributed by atoms with Crippen LogP contribution in [0.2, 0.25) is 0 Å². The van der Waals surface area contributed by atoms with E-state index in [4.69, 9.17) is 0 Å². The Hall–Kier alpha value is -2.03. The zero-order chi connectivity index (χ0) is 9.80. The van der Waals surface area contributed by atoms with Crippen LogP contribution in [-0.2, 0) is 0 Å². The molecule has 1 aliphatic rings. The molecule has 0 spiro atoms. The van der Waals surface area contributed by atoms with E-state index in [0.717, 1.165) is 5.56 Å². The molecule has 0 bridgehead atoms. The van der Waals surface area contributed by atoms with Crippen LogP contribution in [0.25, 0.3) is 6.08 Å². The summed E-state index contributed by atoms with van der Waals surface area (Å²) in [6.07, 6.45) is 8.78. The Morgan fingerprint density at radius 2 is 1.93 bits per heavy atom. The van der Waals surface area contributed by atoms with Crippen LogP contribution in [0.3, 0.4) is 0 Å². The summed E-state index contributed by atoms with van der Waals surface area (Å²) in [4.78, 5) is 12.1. The third-order valence-corrected chi connectivity index (χ3v) is 1.90. The van der Waals surface area contributed by atoms with Crippen molar-refractivity contribution in [3.05, 3.63) is 53.0 Å². The van der Waals surface area contributed by atoms with Crippen LogP contribution in [0.5, 0.6) is 0 Å². The number of hydrazone groups is 1. The smallest absolute Gasteiger partial charge is 0.0614 e. The van der Waals surface area contributed by atoms with Gasteiger partial charge in [0.2, 0.25) is 0 Å². The van der Waals surface area contributed by atoms with Gasteiger partial charge in [0.1, 0.15) is 0 Å². The van der Waals surface area contributed by atoms with E-state index in [-0.39, 0.29) is 0 Å². The fourth-order valence-electron chi connectivity index (χ4n) is 1.24. The van der Waals surface area contributed by atoms with Crippen molar-refractivity contribution in [3.63, 3.8) is 0 Å². The van der Waals surface area contributed by atoms with Crippen molar-refractivity contribution < 1.29 is 4.87 Å². The molecule has 1 heterocycles. The van der Waals surface area contributed by atoms with Gasteiger partial charge in [-0.3, -0.25) is 0 Å². The van der Waals surface area contributed by atoms with E-state index in [1.54, 1.807) is 12.1 Å². The molecule has 2 rings (SSSR count). The Morgan fingerprint density at radius 1 is 1.07 bits per heavy atom. The normalized spacial score (nSPS) is 14.4. The molecule has 0 fully saturated rings. The first-order valence-electron chi connectivity index (χ1n) is 4.31. The molecule has 0 aliphatic carbocycles. The second-order valence-corrected chi connectivity index (χ2v) is 2.84. The minimum absolute atomic E-state index is 0.559. The van der Waals surface area contributed by atoms with Gasteiger partial charge in [-0.25, -0.2) is 0 Å². The molecular weight excluding hydrogens is 176 g/mol. The number of allylic oxidation sites excluding steroid dienone is 3. The van der Waals surface area contributed by atoms with Gasteiger partial charge in [-0.1, -0.05) is 24.3 Å². The van der Waals surface area contributed by atoms with Gasteiger partial charge in [-0.05, 0) is 18.2 Å². The van der Waals surface area contributed by atoms with Crippen LogP contribution in [0, 0.1) is 4.91 Å². The summed E-state index contributed by atoms with van der Waals surface area (Å²) >= 11 is 0. The van der Waals surface area contributed by atoms with E-state index in [0.29, 0.717) is 10.6 Å². The fraction of sp³-hybridized carbons (Fsp3) is 0. The Labute approximate surface area is 81.6 Å². The molecule has 3 heteroatoms. The van der Waals surface area contributed by atoms with Gasteiger partial charge in [0, 0.05) is 11.2 Å². The first-order valence-corrected chi connectivity index (χ1v) is 4.31. The molecule has 3 nitrogen and oxygen atoms in total. The second kappa shape index (κ2) is 3.79. The van der Waals surface area contributed by atoms with Gasteiger partial charge in [-0.2, -0.15) is 0 Å². The molecular formula is C11H9N2O+. The largest absolute Gasteiger partial charge is 0.302 e. The standard InChI is InChI=1S/C11H9N2O/c14-13-11-8-4-3-7-10(11)6-2-1-5-9-12-13/h1-9H/q+1. The molecule has 0 unspecified atom stereocenters.